The van der Waals surface area contributed by atoms with Crippen molar-refractivity contribution in [3.05, 3.63) is 102 Å². The zero-order chi connectivity index (χ0) is 23.5. The molecule has 0 radical (unpaired) electrons. The van der Waals surface area contributed by atoms with E-state index in [-0.39, 0.29) is 0 Å². The molecule has 0 saturated heterocycles. The molecule has 0 N–H and O–H groups in total. The molecular formula is C28H31N3OS. The van der Waals surface area contributed by atoms with E-state index in [1.165, 1.54) is 6.42 Å². The van der Waals surface area contributed by atoms with Crippen molar-refractivity contribution in [3.63, 3.8) is 0 Å². The molecule has 4 nitrogen and oxygen atoms in total. The molecule has 2 aromatic carbocycles. The van der Waals surface area contributed by atoms with Gasteiger partial charge in [-0.25, -0.2) is 0 Å². The fraction of sp³-hybridized carbons (Fsp3) is 0.214. The third-order valence-electron chi connectivity index (χ3n) is 4.74. The monoisotopic (exact) mass is 457 g/mol. The van der Waals surface area contributed by atoms with E-state index < -0.39 is 0 Å². The molecule has 0 bridgehead atoms. The van der Waals surface area contributed by atoms with Crippen molar-refractivity contribution in [2.45, 2.75) is 40.3 Å². The van der Waals surface area contributed by atoms with Crippen molar-refractivity contribution in [2.75, 3.05) is 0 Å². The Kier molecular flexibility index (Phi) is 9.21. The molecule has 5 rings (SSSR count). The molecule has 0 aliphatic carbocycles. The van der Waals surface area contributed by atoms with Gasteiger partial charge in [-0.1, -0.05) is 87.5 Å². The minimum atomic E-state index is 0.527. The lowest BCUT2D eigenvalue weighted by molar-refractivity contribution is 0.302. The van der Waals surface area contributed by atoms with Gasteiger partial charge < -0.3 is 4.74 Å². The number of benzene rings is 2. The van der Waals surface area contributed by atoms with Gasteiger partial charge in [0.15, 0.2) is 0 Å². The van der Waals surface area contributed by atoms with Crippen LogP contribution < -0.4 is 4.74 Å². The minimum absolute atomic E-state index is 0.527. The highest BCUT2D eigenvalue weighted by Gasteiger charge is 2.17. The summed E-state index contributed by atoms with van der Waals surface area (Å²) in [6, 6.07) is 18.7. The van der Waals surface area contributed by atoms with Crippen LogP contribution in [-0.2, 0) is 13.2 Å². The summed E-state index contributed by atoms with van der Waals surface area (Å²) in [4.78, 5) is 5.31. The highest BCUT2D eigenvalue weighted by Crippen LogP contribution is 2.32. The third-order valence-corrected chi connectivity index (χ3v) is 5.56. The lowest BCUT2D eigenvalue weighted by atomic mass is 10.1. The van der Waals surface area contributed by atoms with E-state index in [0.29, 0.717) is 6.61 Å². The predicted octanol–water partition coefficient (Wildman–Crippen LogP) is 7.78. The molecule has 0 amide bonds. The maximum atomic E-state index is 6.09. The molecule has 2 aromatic heterocycles. The van der Waals surface area contributed by atoms with Crippen molar-refractivity contribution < 1.29 is 4.74 Å². The van der Waals surface area contributed by atoms with Crippen LogP contribution in [0.5, 0.6) is 5.75 Å². The van der Waals surface area contributed by atoms with Crippen molar-refractivity contribution in [1.29, 1.82) is 0 Å². The molecule has 170 valence electrons. The summed E-state index contributed by atoms with van der Waals surface area (Å²) in [5, 5.41) is 4.78. The highest BCUT2D eigenvalue weighted by molar-refractivity contribution is 7.13. The van der Waals surface area contributed by atoms with Gasteiger partial charge >= 0.3 is 0 Å². The Bertz CT molecular complexity index is 1160. The zero-order valence-electron chi connectivity index (χ0n) is 19.6. The van der Waals surface area contributed by atoms with E-state index >= 15 is 0 Å². The lowest BCUT2D eigenvalue weighted by Crippen LogP contribution is -2.03. The molecule has 5 heteroatoms. The summed E-state index contributed by atoms with van der Waals surface area (Å²) >= 11 is 1.64. The van der Waals surface area contributed by atoms with E-state index in [9.17, 15) is 0 Å². The van der Waals surface area contributed by atoms with Gasteiger partial charge in [0.25, 0.3) is 0 Å². The van der Waals surface area contributed by atoms with Crippen LogP contribution >= 0.6 is 11.3 Å². The molecule has 33 heavy (non-hydrogen) atoms. The minimum Gasteiger partial charge on any atom is -0.487 e. The smallest absolute Gasteiger partial charge is 0.130 e. The molecule has 4 aromatic rings. The van der Waals surface area contributed by atoms with Gasteiger partial charge in [-0.15, -0.1) is 11.3 Å². The van der Waals surface area contributed by atoms with Gasteiger partial charge in [0.1, 0.15) is 12.4 Å². The number of nitrogens with zero attached hydrogens (tertiary/aromatic N) is 3. The molecule has 0 atom stereocenters. The van der Waals surface area contributed by atoms with Crippen LogP contribution in [0.15, 0.2) is 91.1 Å². The van der Waals surface area contributed by atoms with Crippen LogP contribution in [0.1, 0.15) is 38.4 Å². The number of aromatic nitrogens is 3. The van der Waals surface area contributed by atoms with Gasteiger partial charge in [-0.2, -0.15) is 5.10 Å². The summed E-state index contributed by atoms with van der Waals surface area (Å²) in [6.07, 6.45) is 8.72. The SMILES string of the molecule is C=C/C=C\C.CCC.c1ccc(-c2cc3n(n2)Cc2ccc(-c4cncs4)cc2OC3)cc1. The van der Waals surface area contributed by atoms with Gasteiger partial charge in [0.2, 0.25) is 0 Å². The highest BCUT2D eigenvalue weighted by atomic mass is 32.1. The number of allylic oxidation sites excluding steroid dienone is 3. The van der Waals surface area contributed by atoms with Crippen LogP contribution in [-0.4, -0.2) is 14.8 Å². The van der Waals surface area contributed by atoms with E-state index in [0.717, 1.165) is 45.2 Å². The van der Waals surface area contributed by atoms with Crippen LogP contribution in [0.2, 0.25) is 0 Å². The summed E-state index contributed by atoms with van der Waals surface area (Å²) in [7, 11) is 0. The number of thiazole rings is 1. The zero-order valence-corrected chi connectivity index (χ0v) is 20.4. The Morgan fingerprint density at radius 2 is 1.88 bits per heavy atom. The van der Waals surface area contributed by atoms with Crippen LogP contribution in [0.4, 0.5) is 0 Å². The van der Waals surface area contributed by atoms with Gasteiger partial charge in [-0.3, -0.25) is 9.67 Å². The Morgan fingerprint density at radius 1 is 1.09 bits per heavy atom. The summed E-state index contributed by atoms with van der Waals surface area (Å²) in [5.74, 6) is 0.928. The first kappa shape index (κ1) is 24.2. The summed E-state index contributed by atoms with van der Waals surface area (Å²) in [5.41, 5.74) is 7.35. The molecule has 0 fully saturated rings. The van der Waals surface area contributed by atoms with Crippen LogP contribution in [0.3, 0.4) is 0 Å². The topological polar surface area (TPSA) is 39.9 Å². The molecular weight excluding hydrogens is 426 g/mol. The average molecular weight is 458 g/mol. The third kappa shape index (κ3) is 6.53. The van der Waals surface area contributed by atoms with Gasteiger partial charge in [0.05, 0.1) is 28.3 Å². The molecule has 0 saturated carbocycles. The lowest BCUT2D eigenvalue weighted by Gasteiger charge is -2.08. The standard InChI is InChI=1S/C20H15N3OS.C5H8.C3H8/c1-2-4-14(5-3-1)18-9-17-12-24-19-8-15(20-10-21-13-25-20)6-7-16(19)11-23(17)22-18;1-3-5-4-2;1-3-2/h1-10,13H,11-12H2;3-5H,1H2,2H3;3H2,1-2H3/b;5-4-;. The maximum absolute atomic E-state index is 6.09. The summed E-state index contributed by atoms with van der Waals surface area (Å²) in [6.45, 7) is 10.9. The first-order valence-corrected chi connectivity index (χ1v) is 12.1. The molecule has 1 aliphatic rings. The fourth-order valence-electron chi connectivity index (χ4n) is 3.24. The second-order valence-corrected chi connectivity index (χ2v) is 8.38. The Balaban J connectivity index is 0.000000336. The van der Waals surface area contributed by atoms with E-state index in [4.69, 9.17) is 9.84 Å². The van der Waals surface area contributed by atoms with E-state index in [1.807, 2.05) is 53.7 Å². The predicted molar refractivity (Wildman–Crippen MR) is 140 cm³/mol. The Morgan fingerprint density at radius 3 is 2.52 bits per heavy atom. The number of hydrogen-bond donors (Lipinski definition) is 0. The molecule has 3 heterocycles. The second-order valence-electron chi connectivity index (χ2n) is 7.49. The van der Waals surface area contributed by atoms with Gasteiger partial charge in [0, 0.05) is 17.3 Å². The molecule has 0 spiro atoms. The maximum Gasteiger partial charge on any atom is 0.130 e. The van der Waals surface area contributed by atoms with Crippen LogP contribution in [0, 0.1) is 0 Å². The number of rotatable bonds is 3. The van der Waals surface area contributed by atoms with Crippen molar-refractivity contribution >= 4 is 11.3 Å². The number of fused-ring (bicyclic) bond motifs is 2. The molecule has 1 aliphatic heterocycles. The first-order chi connectivity index (χ1) is 16.2. The Labute approximate surface area is 200 Å². The van der Waals surface area contributed by atoms with E-state index in [2.05, 4.69) is 61.8 Å². The molecule has 0 unspecified atom stereocenters. The average Bonchev–Trinajstić information content (AvgIpc) is 3.48. The van der Waals surface area contributed by atoms with Gasteiger partial charge in [-0.05, 0) is 24.6 Å². The Hall–Kier alpha value is -3.44. The van der Waals surface area contributed by atoms with Crippen molar-refractivity contribution in [1.82, 2.24) is 14.8 Å². The fourth-order valence-corrected chi connectivity index (χ4v) is 3.86. The van der Waals surface area contributed by atoms with Crippen molar-refractivity contribution in [3.8, 4) is 27.4 Å². The largest absolute Gasteiger partial charge is 0.487 e. The normalized spacial score (nSPS) is 11.6. The van der Waals surface area contributed by atoms with Crippen molar-refractivity contribution in [2.24, 2.45) is 0 Å². The number of hydrogen-bond acceptors (Lipinski definition) is 4. The number of ether oxygens (including phenoxy) is 1. The second kappa shape index (κ2) is 12.6. The van der Waals surface area contributed by atoms with E-state index in [1.54, 1.807) is 17.4 Å². The first-order valence-electron chi connectivity index (χ1n) is 11.2. The van der Waals surface area contributed by atoms with Crippen LogP contribution in [0.25, 0.3) is 21.7 Å². The summed E-state index contributed by atoms with van der Waals surface area (Å²) < 4.78 is 8.13. The quantitative estimate of drug-likeness (QED) is 0.295.